The van der Waals surface area contributed by atoms with Crippen LogP contribution in [0.5, 0.6) is 0 Å². The molecule has 0 aliphatic carbocycles. The van der Waals surface area contributed by atoms with Gasteiger partial charge in [0, 0.05) is 5.69 Å². The highest BCUT2D eigenvalue weighted by molar-refractivity contribution is 5.58. The zero-order chi connectivity index (χ0) is 14.4. The van der Waals surface area contributed by atoms with Gasteiger partial charge in [0.2, 0.25) is 5.89 Å². The maximum Gasteiger partial charge on any atom is 0.320 e. The summed E-state index contributed by atoms with van der Waals surface area (Å²) in [4.78, 5) is 0. The van der Waals surface area contributed by atoms with E-state index in [9.17, 15) is 0 Å². The van der Waals surface area contributed by atoms with Crippen molar-refractivity contribution in [3.05, 3.63) is 35.7 Å². The van der Waals surface area contributed by atoms with E-state index in [1.807, 2.05) is 18.2 Å². The number of hydrogen-bond acceptors (Lipinski definition) is 5. The SMILES string of the molecule is CCCNCc1nnc(Nc2ccccc2C(C)C)o1. The van der Waals surface area contributed by atoms with Gasteiger partial charge in [-0.3, -0.25) is 0 Å². The molecule has 0 unspecified atom stereocenters. The standard InChI is InChI=1S/C15H22N4O/c1-4-9-16-10-14-18-19-15(20-14)17-13-8-6-5-7-12(13)11(2)3/h5-8,11,16H,4,9-10H2,1-3H3,(H,17,19). The lowest BCUT2D eigenvalue weighted by Crippen LogP contribution is -2.13. The molecule has 2 rings (SSSR count). The number of hydrogen-bond donors (Lipinski definition) is 2. The van der Waals surface area contributed by atoms with Gasteiger partial charge >= 0.3 is 6.01 Å². The Balaban J connectivity index is 2.03. The monoisotopic (exact) mass is 274 g/mol. The van der Waals surface area contributed by atoms with E-state index in [4.69, 9.17) is 4.42 Å². The molecule has 1 aromatic heterocycles. The zero-order valence-electron chi connectivity index (χ0n) is 12.3. The van der Waals surface area contributed by atoms with E-state index in [0.29, 0.717) is 24.4 Å². The van der Waals surface area contributed by atoms with Crippen LogP contribution in [0.15, 0.2) is 28.7 Å². The van der Waals surface area contributed by atoms with Crippen molar-refractivity contribution in [2.75, 3.05) is 11.9 Å². The Hall–Kier alpha value is -1.88. The second-order valence-corrected chi connectivity index (χ2v) is 5.04. The van der Waals surface area contributed by atoms with Gasteiger partial charge in [-0.05, 0) is 30.5 Å². The smallest absolute Gasteiger partial charge is 0.320 e. The summed E-state index contributed by atoms with van der Waals surface area (Å²) in [5, 5.41) is 14.5. The summed E-state index contributed by atoms with van der Waals surface area (Å²) < 4.78 is 5.57. The molecule has 0 bridgehead atoms. The lowest BCUT2D eigenvalue weighted by Gasteiger charge is -2.11. The van der Waals surface area contributed by atoms with Gasteiger partial charge in [-0.1, -0.05) is 44.1 Å². The highest BCUT2D eigenvalue weighted by Gasteiger charge is 2.10. The number of benzene rings is 1. The van der Waals surface area contributed by atoms with E-state index < -0.39 is 0 Å². The van der Waals surface area contributed by atoms with Crippen LogP contribution >= 0.6 is 0 Å². The van der Waals surface area contributed by atoms with Gasteiger partial charge in [-0.2, -0.15) is 0 Å². The number of anilines is 2. The number of nitrogens with one attached hydrogen (secondary N) is 2. The minimum absolute atomic E-state index is 0.436. The second kappa shape index (κ2) is 7.05. The molecule has 1 heterocycles. The molecule has 0 spiro atoms. The summed E-state index contributed by atoms with van der Waals surface area (Å²) in [6.07, 6.45) is 1.08. The Labute approximate surface area is 119 Å². The molecule has 0 amide bonds. The number of para-hydroxylation sites is 1. The van der Waals surface area contributed by atoms with E-state index in [0.717, 1.165) is 18.7 Å². The number of nitrogens with zero attached hydrogens (tertiary/aromatic N) is 2. The van der Waals surface area contributed by atoms with Crippen molar-refractivity contribution in [3.63, 3.8) is 0 Å². The predicted molar refractivity (Wildman–Crippen MR) is 80.1 cm³/mol. The first kappa shape index (κ1) is 14.5. The van der Waals surface area contributed by atoms with E-state index in [1.165, 1.54) is 5.56 Å². The highest BCUT2D eigenvalue weighted by Crippen LogP contribution is 2.26. The highest BCUT2D eigenvalue weighted by atomic mass is 16.4. The lowest BCUT2D eigenvalue weighted by atomic mass is 10.0. The van der Waals surface area contributed by atoms with Gasteiger partial charge in [0.05, 0.1) is 6.54 Å². The molecule has 20 heavy (non-hydrogen) atoms. The molecule has 2 aromatic rings. The maximum atomic E-state index is 5.57. The van der Waals surface area contributed by atoms with Gasteiger partial charge in [-0.25, -0.2) is 0 Å². The number of aromatic nitrogens is 2. The van der Waals surface area contributed by atoms with Crippen LogP contribution in [-0.2, 0) is 6.54 Å². The fourth-order valence-electron chi connectivity index (χ4n) is 1.98. The molecule has 0 fully saturated rings. The van der Waals surface area contributed by atoms with Crippen molar-refractivity contribution >= 4 is 11.7 Å². The first-order valence-corrected chi connectivity index (χ1v) is 7.09. The zero-order valence-corrected chi connectivity index (χ0v) is 12.3. The normalized spacial score (nSPS) is 11.0. The summed E-state index contributed by atoms with van der Waals surface area (Å²) in [5.41, 5.74) is 2.25. The van der Waals surface area contributed by atoms with Crippen LogP contribution in [0.1, 0.15) is 44.6 Å². The molecule has 5 heteroatoms. The third-order valence-electron chi connectivity index (χ3n) is 2.99. The summed E-state index contributed by atoms with van der Waals surface area (Å²) in [5.74, 6) is 1.04. The Bertz CT molecular complexity index is 536. The molecule has 2 N–H and O–H groups in total. The Morgan fingerprint density at radius 2 is 2.00 bits per heavy atom. The summed E-state index contributed by atoms with van der Waals surface area (Å²) in [7, 11) is 0. The molecule has 0 aliphatic heterocycles. The maximum absolute atomic E-state index is 5.57. The first-order chi connectivity index (χ1) is 9.70. The molecule has 0 radical (unpaired) electrons. The third kappa shape index (κ3) is 3.81. The molecule has 1 aromatic carbocycles. The van der Waals surface area contributed by atoms with Crippen molar-refractivity contribution in [1.29, 1.82) is 0 Å². The van der Waals surface area contributed by atoms with E-state index >= 15 is 0 Å². The average molecular weight is 274 g/mol. The lowest BCUT2D eigenvalue weighted by molar-refractivity contribution is 0.479. The summed E-state index contributed by atoms with van der Waals surface area (Å²) in [6.45, 7) is 8.00. The molecular weight excluding hydrogens is 252 g/mol. The van der Waals surface area contributed by atoms with Crippen LogP contribution < -0.4 is 10.6 Å². The van der Waals surface area contributed by atoms with Crippen LogP contribution in [0, 0.1) is 0 Å². The Kier molecular flexibility index (Phi) is 5.12. The van der Waals surface area contributed by atoms with Crippen molar-refractivity contribution in [2.45, 2.75) is 39.7 Å². The second-order valence-electron chi connectivity index (χ2n) is 5.04. The third-order valence-corrected chi connectivity index (χ3v) is 2.99. The summed E-state index contributed by atoms with van der Waals surface area (Å²) in [6, 6.07) is 8.59. The van der Waals surface area contributed by atoms with Gasteiger partial charge in [0.1, 0.15) is 0 Å². The quantitative estimate of drug-likeness (QED) is 0.757. The largest absolute Gasteiger partial charge is 0.406 e. The fourth-order valence-corrected chi connectivity index (χ4v) is 1.98. The van der Waals surface area contributed by atoms with Gasteiger partial charge in [0.15, 0.2) is 0 Å². The minimum Gasteiger partial charge on any atom is -0.406 e. The minimum atomic E-state index is 0.436. The van der Waals surface area contributed by atoms with Crippen LogP contribution in [0.25, 0.3) is 0 Å². The van der Waals surface area contributed by atoms with Crippen LogP contribution in [0.4, 0.5) is 11.7 Å². The molecule has 0 atom stereocenters. The Morgan fingerprint density at radius 3 is 2.75 bits per heavy atom. The first-order valence-electron chi connectivity index (χ1n) is 7.09. The molecule has 0 aliphatic rings. The van der Waals surface area contributed by atoms with Crippen LogP contribution in [-0.4, -0.2) is 16.7 Å². The molecule has 108 valence electrons. The van der Waals surface area contributed by atoms with Crippen LogP contribution in [0.2, 0.25) is 0 Å². The molecular formula is C15H22N4O. The van der Waals surface area contributed by atoms with Crippen LogP contribution in [0.3, 0.4) is 0 Å². The van der Waals surface area contributed by atoms with Gasteiger partial charge in [0.25, 0.3) is 0 Å². The fraction of sp³-hybridized carbons (Fsp3) is 0.467. The van der Waals surface area contributed by atoms with Gasteiger partial charge < -0.3 is 15.1 Å². The predicted octanol–water partition coefficient (Wildman–Crippen LogP) is 3.44. The van der Waals surface area contributed by atoms with Crippen molar-refractivity contribution < 1.29 is 4.42 Å². The number of rotatable bonds is 7. The summed E-state index contributed by atoms with van der Waals surface area (Å²) >= 11 is 0. The average Bonchev–Trinajstić information content (AvgIpc) is 2.87. The molecule has 0 saturated carbocycles. The molecule has 5 nitrogen and oxygen atoms in total. The van der Waals surface area contributed by atoms with E-state index in [-0.39, 0.29) is 0 Å². The van der Waals surface area contributed by atoms with E-state index in [1.54, 1.807) is 0 Å². The van der Waals surface area contributed by atoms with Crippen molar-refractivity contribution in [2.24, 2.45) is 0 Å². The Morgan fingerprint density at radius 1 is 1.20 bits per heavy atom. The van der Waals surface area contributed by atoms with Gasteiger partial charge in [-0.15, -0.1) is 5.10 Å². The van der Waals surface area contributed by atoms with Crippen molar-refractivity contribution in [3.8, 4) is 0 Å². The molecule has 0 saturated heterocycles. The topological polar surface area (TPSA) is 63.0 Å². The van der Waals surface area contributed by atoms with Crippen molar-refractivity contribution in [1.82, 2.24) is 15.5 Å². The van der Waals surface area contributed by atoms with E-state index in [2.05, 4.69) is 47.7 Å².